The summed E-state index contributed by atoms with van der Waals surface area (Å²) in [5.41, 5.74) is -0.0610. The van der Waals surface area contributed by atoms with E-state index in [-0.39, 0.29) is 11.3 Å². The van der Waals surface area contributed by atoms with Gasteiger partial charge in [-0.15, -0.1) is 0 Å². The molecule has 2 atom stereocenters. The molecule has 0 aromatic heterocycles. The van der Waals surface area contributed by atoms with E-state index in [0.717, 1.165) is 12.5 Å². The lowest BCUT2D eigenvalue weighted by Gasteiger charge is -2.60. The van der Waals surface area contributed by atoms with Crippen molar-refractivity contribution in [2.24, 2.45) is 0 Å². The van der Waals surface area contributed by atoms with Gasteiger partial charge in [0.15, 0.2) is 7.83 Å². The van der Waals surface area contributed by atoms with Gasteiger partial charge in [-0.05, 0) is 39.4 Å². The van der Waals surface area contributed by atoms with Crippen molar-refractivity contribution in [3.8, 4) is 0 Å². The van der Waals surface area contributed by atoms with Crippen LogP contribution in [0.15, 0.2) is 0 Å². The molecule has 102 valence electrons. The highest BCUT2D eigenvalue weighted by atomic mass is 29.6. The average molecular weight is 291 g/mol. The largest absolute Gasteiger partial charge is 0.416 e. The van der Waals surface area contributed by atoms with Gasteiger partial charge in [-0.1, -0.05) is 26.6 Å². The molecule has 1 heterocycles. The second kappa shape index (κ2) is 4.30. The van der Waals surface area contributed by atoms with Crippen molar-refractivity contribution in [3.63, 3.8) is 0 Å². The quantitative estimate of drug-likeness (QED) is 0.791. The zero-order chi connectivity index (χ0) is 13.7. The predicted molar refractivity (Wildman–Crippen MR) is 82.9 cm³/mol. The molecule has 0 bridgehead atoms. The minimum Gasteiger partial charge on any atom is -0.416 e. The number of aliphatic hydroxyl groups excluding tert-OH is 1. The lowest BCUT2D eigenvalue weighted by Crippen LogP contribution is -2.82. The minimum atomic E-state index is -1.63. The number of hydrogen-bond donors (Lipinski definition) is 1. The van der Waals surface area contributed by atoms with Crippen molar-refractivity contribution in [2.45, 2.75) is 77.3 Å². The van der Waals surface area contributed by atoms with Crippen molar-refractivity contribution < 1.29 is 9.53 Å². The second-order valence-electron chi connectivity index (χ2n) is 7.52. The number of hydrogen-bond acceptors (Lipinski definition) is 2. The highest BCUT2D eigenvalue weighted by Gasteiger charge is 2.64. The summed E-state index contributed by atoms with van der Waals surface area (Å²) in [6.45, 7) is 18.8. The van der Waals surface area contributed by atoms with Crippen molar-refractivity contribution in [1.29, 1.82) is 0 Å². The standard InChI is InChI=1S/C12H30O2Si3/c1-9-11(13)17(8)10-12(2,3)14-15(4,5)16(17,6)7/h11,13H,9-10H2,1-8H3. The van der Waals surface area contributed by atoms with Gasteiger partial charge in [0.1, 0.15) is 0 Å². The smallest absolute Gasteiger partial charge is 0.172 e. The van der Waals surface area contributed by atoms with Gasteiger partial charge in [-0.2, -0.15) is 0 Å². The highest BCUT2D eigenvalue weighted by molar-refractivity contribution is 7.68. The van der Waals surface area contributed by atoms with E-state index in [9.17, 15) is 5.11 Å². The Kier molecular flexibility index (Phi) is 3.95. The van der Waals surface area contributed by atoms with Crippen LogP contribution in [-0.4, -0.2) is 39.0 Å². The van der Waals surface area contributed by atoms with Gasteiger partial charge >= 0.3 is 0 Å². The van der Waals surface area contributed by atoms with Gasteiger partial charge < -0.3 is 9.53 Å². The molecule has 5 heteroatoms. The third-order valence-corrected chi connectivity index (χ3v) is 45.8. The molecular formula is C12H30O2Si3. The van der Waals surface area contributed by atoms with E-state index in [4.69, 9.17) is 4.43 Å². The predicted octanol–water partition coefficient (Wildman–Crippen LogP) is 3.25. The molecule has 1 aliphatic heterocycles. The van der Waals surface area contributed by atoms with Gasteiger partial charge in [-0.3, -0.25) is 0 Å². The van der Waals surface area contributed by atoms with E-state index < -0.39 is 22.5 Å². The summed E-state index contributed by atoms with van der Waals surface area (Å²) < 4.78 is 6.49. The summed E-state index contributed by atoms with van der Waals surface area (Å²) >= 11 is 0. The fourth-order valence-electron chi connectivity index (χ4n) is 3.63. The first-order valence-corrected chi connectivity index (χ1v) is 17.5. The second-order valence-corrected chi connectivity index (χ2v) is 33.9. The molecule has 0 radical (unpaired) electrons. The SMILES string of the molecule is CCC(O)[Si]1(C)CC(C)(C)O[Si](C)(C)[Si]1(C)C. The zero-order valence-corrected chi connectivity index (χ0v) is 15.8. The molecule has 0 amide bonds. The molecule has 1 saturated heterocycles. The van der Waals surface area contributed by atoms with E-state index >= 15 is 0 Å². The van der Waals surface area contributed by atoms with E-state index in [0.29, 0.717) is 0 Å². The summed E-state index contributed by atoms with van der Waals surface area (Å²) in [6, 6.07) is 1.13. The molecule has 2 unspecified atom stereocenters. The zero-order valence-electron chi connectivity index (χ0n) is 12.8. The normalized spacial score (nSPS) is 36.5. The Bertz CT molecular complexity index is 302. The van der Waals surface area contributed by atoms with Gasteiger partial charge in [0.2, 0.25) is 0 Å². The van der Waals surface area contributed by atoms with Crippen LogP contribution in [0.4, 0.5) is 0 Å². The van der Waals surface area contributed by atoms with Gasteiger partial charge in [0.25, 0.3) is 0 Å². The molecule has 0 aromatic carbocycles. The van der Waals surface area contributed by atoms with Crippen LogP contribution < -0.4 is 0 Å². The van der Waals surface area contributed by atoms with Crippen LogP contribution in [-0.2, 0) is 4.43 Å². The van der Waals surface area contributed by atoms with Crippen LogP contribution in [0.5, 0.6) is 0 Å². The molecular weight excluding hydrogens is 260 g/mol. The highest BCUT2D eigenvalue weighted by Crippen LogP contribution is 2.45. The molecule has 1 aliphatic rings. The Morgan fingerprint density at radius 2 is 1.65 bits per heavy atom. The third-order valence-electron chi connectivity index (χ3n) is 5.38. The molecule has 1 fully saturated rings. The maximum Gasteiger partial charge on any atom is 0.172 e. The molecule has 1 N–H and O–H groups in total. The van der Waals surface area contributed by atoms with E-state index in [2.05, 4.69) is 53.5 Å². The fraction of sp³-hybridized carbons (Fsp3) is 1.00. The fourth-order valence-corrected chi connectivity index (χ4v) is 37.7. The summed E-state index contributed by atoms with van der Waals surface area (Å²) in [6.07, 6.45) is 0.916. The minimum absolute atomic E-state index is 0.0185. The summed E-state index contributed by atoms with van der Waals surface area (Å²) in [4.78, 5) is 0. The first kappa shape index (κ1) is 15.6. The van der Waals surface area contributed by atoms with Crippen molar-refractivity contribution in [3.05, 3.63) is 0 Å². The van der Waals surface area contributed by atoms with E-state index in [1.807, 2.05) is 0 Å². The Morgan fingerprint density at radius 1 is 1.18 bits per heavy atom. The van der Waals surface area contributed by atoms with E-state index in [1.54, 1.807) is 0 Å². The average Bonchev–Trinajstić information content (AvgIpc) is 2.11. The van der Waals surface area contributed by atoms with Crippen LogP contribution >= 0.6 is 0 Å². The van der Waals surface area contributed by atoms with Crippen LogP contribution in [0.25, 0.3) is 0 Å². The lowest BCUT2D eigenvalue weighted by atomic mass is 10.2. The lowest BCUT2D eigenvalue weighted by molar-refractivity contribution is 0.118. The molecule has 1 rings (SSSR count). The Balaban J connectivity index is 3.26. The Morgan fingerprint density at radius 3 is 2.06 bits per heavy atom. The first-order valence-electron chi connectivity index (χ1n) is 6.78. The summed E-state index contributed by atoms with van der Waals surface area (Å²) in [7, 11) is -4.67. The monoisotopic (exact) mass is 290 g/mol. The van der Waals surface area contributed by atoms with Crippen LogP contribution in [0.2, 0.25) is 38.8 Å². The third kappa shape index (κ3) is 2.36. The maximum atomic E-state index is 10.6. The first-order chi connectivity index (χ1) is 7.40. The number of rotatable bonds is 2. The maximum absolute atomic E-state index is 10.6. The van der Waals surface area contributed by atoms with Crippen LogP contribution in [0.3, 0.4) is 0 Å². The Labute approximate surface area is 109 Å². The van der Waals surface area contributed by atoms with Crippen molar-refractivity contribution in [2.75, 3.05) is 0 Å². The molecule has 17 heavy (non-hydrogen) atoms. The molecule has 0 aromatic rings. The van der Waals surface area contributed by atoms with E-state index in [1.165, 1.54) is 0 Å². The molecule has 0 aliphatic carbocycles. The van der Waals surface area contributed by atoms with Crippen LogP contribution in [0.1, 0.15) is 27.2 Å². The van der Waals surface area contributed by atoms with Crippen LogP contribution in [0, 0.1) is 0 Å². The number of aliphatic hydroxyl groups is 1. The summed E-state index contributed by atoms with van der Waals surface area (Å²) in [5.74, 6) is 0. The van der Waals surface area contributed by atoms with Gasteiger partial charge in [-0.25, -0.2) is 0 Å². The Hall–Kier alpha value is 0.571. The molecule has 0 spiro atoms. The summed E-state index contributed by atoms with van der Waals surface area (Å²) in [5, 5.41) is 10.6. The van der Waals surface area contributed by atoms with Gasteiger partial charge in [0, 0.05) is 11.3 Å². The molecule has 2 nitrogen and oxygen atoms in total. The van der Waals surface area contributed by atoms with Crippen molar-refractivity contribution >= 4 is 22.5 Å². The topological polar surface area (TPSA) is 29.5 Å². The van der Waals surface area contributed by atoms with Gasteiger partial charge in [0.05, 0.1) is 14.7 Å². The van der Waals surface area contributed by atoms with Crippen molar-refractivity contribution in [1.82, 2.24) is 0 Å². The molecule has 0 saturated carbocycles.